The van der Waals surface area contributed by atoms with Crippen LogP contribution in [0.1, 0.15) is 0 Å². The van der Waals surface area contributed by atoms with Gasteiger partial charge in [-0.1, -0.05) is 28.1 Å². The summed E-state index contributed by atoms with van der Waals surface area (Å²) in [4.78, 5) is 4.25. The summed E-state index contributed by atoms with van der Waals surface area (Å²) in [5.74, 6) is 0. The SMILES string of the molecule is O=S(=O)(NCCOCCBr)c1cccc2cnccc12. The molecule has 0 saturated carbocycles. The van der Waals surface area contributed by atoms with Crippen LogP contribution >= 0.6 is 15.9 Å². The van der Waals surface area contributed by atoms with Gasteiger partial charge in [0.1, 0.15) is 0 Å². The maximum absolute atomic E-state index is 12.3. The van der Waals surface area contributed by atoms with E-state index in [-0.39, 0.29) is 11.4 Å². The number of nitrogens with one attached hydrogen (secondary N) is 1. The molecule has 2 aromatic rings. The van der Waals surface area contributed by atoms with E-state index in [4.69, 9.17) is 4.74 Å². The number of fused-ring (bicyclic) bond motifs is 1. The third-order valence-electron chi connectivity index (χ3n) is 2.69. The van der Waals surface area contributed by atoms with Gasteiger partial charge in [0.25, 0.3) is 0 Å². The number of alkyl halides is 1. The molecule has 0 atom stereocenters. The monoisotopic (exact) mass is 358 g/mol. The van der Waals surface area contributed by atoms with Crippen LogP contribution in [0.15, 0.2) is 41.6 Å². The van der Waals surface area contributed by atoms with Crippen molar-refractivity contribution in [3.05, 3.63) is 36.7 Å². The summed E-state index contributed by atoms with van der Waals surface area (Å²) in [5, 5.41) is 2.19. The van der Waals surface area contributed by atoms with Crippen LogP contribution in [-0.4, -0.2) is 38.5 Å². The second-order valence-corrected chi connectivity index (χ2v) is 6.58. The lowest BCUT2D eigenvalue weighted by Crippen LogP contribution is -2.27. The summed E-state index contributed by atoms with van der Waals surface area (Å²) in [6.45, 7) is 1.15. The highest BCUT2D eigenvalue weighted by Crippen LogP contribution is 2.21. The standard InChI is InChI=1S/C13H15BrN2O3S/c14-5-8-19-9-7-16-20(17,18)13-3-1-2-11-10-15-6-4-12(11)13/h1-4,6,10,16H,5,7-9H2. The Hall–Kier alpha value is -1.02. The van der Waals surface area contributed by atoms with Crippen LogP contribution in [0.25, 0.3) is 10.8 Å². The van der Waals surface area contributed by atoms with E-state index in [0.717, 1.165) is 10.7 Å². The molecule has 0 spiro atoms. The minimum Gasteiger partial charge on any atom is -0.379 e. The number of pyridine rings is 1. The number of nitrogens with zero attached hydrogens (tertiary/aromatic N) is 1. The molecule has 0 aliphatic carbocycles. The first-order chi connectivity index (χ1) is 9.65. The topological polar surface area (TPSA) is 68.3 Å². The second-order valence-electron chi connectivity index (χ2n) is 4.05. The third kappa shape index (κ3) is 3.76. The molecule has 7 heteroatoms. The zero-order valence-corrected chi connectivity index (χ0v) is 13.2. The predicted molar refractivity (Wildman–Crippen MR) is 81.5 cm³/mol. The van der Waals surface area contributed by atoms with Crippen molar-refractivity contribution in [1.82, 2.24) is 9.71 Å². The van der Waals surface area contributed by atoms with Crippen LogP contribution in [0.3, 0.4) is 0 Å². The number of halogens is 1. The quantitative estimate of drug-likeness (QED) is 0.606. The number of benzene rings is 1. The number of hydrogen-bond donors (Lipinski definition) is 1. The first-order valence-electron chi connectivity index (χ1n) is 6.11. The van der Waals surface area contributed by atoms with Crippen molar-refractivity contribution in [2.75, 3.05) is 25.1 Å². The zero-order chi connectivity index (χ0) is 14.4. The van der Waals surface area contributed by atoms with Crippen LogP contribution in [0.4, 0.5) is 0 Å². The highest BCUT2D eigenvalue weighted by atomic mass is 79.9. The van der Waals surface area contributed by atoms with E-state index in [1.807, 2.05) is 6.07 Å². The Bertz CT molecular complexity index is 671. The zero-order valence-electron chi connectivity index (χ0n) is 10.8. The molecule has 0 radical (unpaired) electrons. The molecule has 108 valence electrons. The van der Waals surface area contributed by atoms with Crippen LogP contribution in [-0.2, 0) is 14.8 Å². The first-order valence-corrected chi connectivity index (χ1v) is 8.72. The average molecular weight is 359 g/mol. The molecule has 0 fully saturated rings. The van der Waals surface area contributed by atoms with Crippen LogP contribution < -0.4 is 4.72 Å². The summed E-state index contributed by atoms with van der Waals surface area (Å²) in [5.41, 5.74) is 0. The van der Waals surface area contributed by atoms with Gasteiger partial charge in [-0.15, -0.1) is 0 Å². The van der Waals surface area contributed by atoms with Gasteiger partial charge in [-0.2, -0.15) is 0 Å². The Morgan fingerprint density at radius 2 is 2.10 bits per heavy atom. The Morgan fingerprint density at radius 1 is 1.25 bits per heavy atom. The molecule has 1 aromatic heterocycles. The molecule has 20 heavy (non-hydrogen) atoms. The fourth-order valence-electron chi connectivity index (χ4n) is 1.81. The Balaban J connectivity index is 2.15. The van der Waals surface area contributed by atoms with Crippen molar-refractivity contribution in [3.8, 4) is 0 Å². The Morgan fingerprint density at radius 3 is 2.90 bits per heavy atom. The van der Waals surface area contributed by atoms with E-state index in [9.17, 15) is 8.42 Å². The van der Waals surface area contributed by atoms with E-state index in [1.165, 1.54) is 0 Å². The number of sulfonamides is 1. The maximum atomic E-state index is 12.3. The lowest BCUT2D eigenvalue weighted by molar-refractivity contribution is 0.156. The van der Waals surface area contributed by atoms with Crippen molar-refractivity contribution in [2.45, 2.75) is 4.90 Å². The van der Waals surface area contributed by atoms with Crippen LogP contribution in [0.5, 0.6) is 0 Å². The second kappa shape index (κ2) is 7.12. The minimum absolute atomic E-state index is 0.247. The summed E-state index contributed by atoms with van der Waals surface area (Å²) in [6, 6.07) is 6.83. The van der Waals surface area contributed by atoms with E-state index >= 15 is 0 Å². The highest BCUT2D eigenvalue weighted by Gasteiger charge is 2.16. The fraction of sp³-hybridized carbons (Fsp3) is 0.308. The minimum atomic E-state index is -3.54. The van der Waals surface area contributed by atoms with E-state index < -0.39 is 10.0 Å². The Labute approximate surface area is 126 Å². The first kappa shape index (κ1) is 15.4. The Kier molecular flexibility index (Phi) is 5.47. The molecule has 0 bridgehead atoms. The fourth-order valence-corrected chi connectivity index (χ4v) is 3.28. The van der Waals surface area contributed by atoms with E-state index in [1.54, 1.807) is 30.6 Å². The molecule has 0 saturated heterocycles. The van der Waals surface area contributed by atoms with Crippen molar-refractivity contribution >= 4 is 36.7 Å². The molecule has 1 heterocycles. The number of hydrogen-bond acceptors (Lipinski definition) is 4. The van der Waals surface area contributed by atoms with Crippen LogP contribution in [0.2, 0.25) is 0 Å². The molecule has 2 rings (SSSR count). The average Bonchev–Trinajstić information content (AvgIpc) is 2.46. The van der Waals surface area contributed by atoms with Gasteiger partial charge in [-0.3, -0.25) is 4.98 Å². The van der Waals surface area contributed by atoms with E-state index in [0.29, 0.717) is 18.6 Å². The summed E-state index contributed by atoms with van der Waals surface area (Å²) in [7, 11) is -3.54. The highest BCUT2D eigenvalue weighted by molar-refractivity contribution is 9.09. The van der Waals surface area contributed by atoms with Crippen molar-refractivity contribution < 1.29 is 13.2 Å². The molecule has 5 nitrogen and oxygen atoms in total. The van der Waals surface area contributed by atoms with Gasteiger partial charge >= 0.3 is 0 Å². The van der Waals surface area contributed by atoms with Gasteiger partial charge in [0.15, 0.2) is 0 Å². The van der Waals surface area contributed by atoms with Gasteiger partial charge < -0.3 is 4.74 Å². The lowest BCUT2D eigenvalue weighted by atomic mass is 10.2. The van der Waals surface area contributed by atoms with Crippen LogP contribution in [0, 0.1) is 0 Å². The molecule has 1 N–H and O–H groups in total. The van der Waals surface area contributed by atoms with Gasteiger partial charge in [0, 0.05) is 35.0 Å². The predicted octanol–water partition coefficient (Wildman–Crippen LogP) is 1.92. The third-order valence-corrected chi connectivity index (χ3v) is 4.53. The maximum Gasteiger partial charge on any atom is 0.241 e. The summed E-state index contributed by atoms with van der Waals surface area (Å²) in [6.07, 6.45) is 3.23. The number of aromatic nitrogens is 1. The van der Waals surface area contributed by atoms with Crippen molar-refractivity contribution in [1.29, 1.82) is 0 Å². The smallest absolute Gasteiger partial charge is 0.241 e. The van der Waals surface area contributed by atoms with Crippen molar-refractivity contribution in [2.24, 2.45) is 0 Å². The molecular formula is C13H15BrN2O3S. The van der Waals surface area contributed by atoms with Gasteiger partial charge in [0.2, 0.25) is 10.0 Å². The van der Waals surface area contributed by atoms with Gasteiger partial charge in [-0.05, 0) is 12.1 Å². The molecule has 0 unspecified atom stereocenters. The summed E-state index contributed by atoms with van der Waals surface area (Å²) < 4.78 is 32.3. The number of rotatable bonds is 7. The normalized spacial score (nSPS) is 11.8. The lowest BCUT2D eigenvalue weighted by Gasteiger charge is -2.09. The van der Waals surface area contributed by atoms with E-state index in [2.05, 4.69) is 25.6 Å². The van der Waals surface area contributed by atoms with Crippen molar-refractivity contribution in [3.63, 3.8) is 0 Å². The molecule has 1 aromatic carbocycles. The molecule has 0 amide bonds. The number of ether oxygens (including phenoxy) is 1. The largest absolute Gasteiger partial charge is 0.379 e. The van der Waals surface area contributed by atoms with Gasteiger partial charge in [0.05, 0.1) is 18.1 Å². The molecule has 0 aliphatic rings. The molecular weight excluding hydrogens is 344 g/mol. The molecule has 0 aliphatic heterocycles. The van der Waals surface area contributed by atoms with Gasteiger partial charge in [-0.25, -0.2) is 13.1 Å². The summed E-state index contributed by atoms with van der Waals surface area (Å²) >= 11 is 3.24.